The second kappa shape index (κ2) is 13.7. The Hall–Kier alpha value is -4.86. The standard InChI is InChI=1S/C26H25F4N5O6S/c1-16-3-2-4-20(13-16)42(39,40)35-25(38)32-12-11-31-23(36)18-7-10-22(21(27)14-18)34-24(37)33-15-17-5-8-19(9-6-17)41-26(28,29)30/h2-10,13-14H,11-12,15H2,1H3,(H,31,36)(H2,32,35,38)(H2,33,34,37). The van der Waals surface area contributed by atoms with E-state index in [0.717, 1.165) is 24.3 Å². The minimum atomic E-state index is -4.83. The van der Waals surface area contributed by atoms with Crippen molar-refractivity contribution in [2.24, 2.45) is 0 Å². The van der Waals surface area contributed by atoms with Crippen molar-refractivity contribution in [2.45, 2.75) is 24.7 Å². The van der Waals surface area contributed by atoms with Gasteiger partial charge in [-0.05, 0) is 60.5 Å². The summed E-state index contributed by atoms with van der Waals surface area (Å²) >= 11 is 0. The van der Waals surface area contributed by atoms with Gasteiger partial charge in [0.25, 0.3) is 15.9 Å². The van der Waals surface area contributed by atoms with Crippen molar-refractivity contribution in [3.05, 3.63) is 89.2 Å². The van der Waals surface area contributed by atoms with Crippen LogP contribution in [0.3, 0.4) is 0 Å². The van der Waals surface area contributed by atoms with E-state index in [1.54, 1.807) is 13.0 Å². The molecule has 0 aliphatic rings. The fourth-order valence-electron chi connectivity index (χ4n) is 3.37. The number of benzene rings is 3. The predicted molar refractivity (Wildman–Crippen MR) is 143 cm³/mol. The lowest BCUT2D eigenvalue weighted by Gasteiger charge is -2.12. The minimum Gasteiger partial charge on any atom is -0.406 e. The lowest BCUT2D eigenvalue weighted by atomic mass is 10.2. The molecule has 16 heteroatoms. The highest BCUT2D eigenvalue weighted by Gasteiger charge is 2.31. The first-order valence-corrected chi connectivity index (χ1v) is 13.5. The van der Waals surface area contributed by atoms with Crippen LogP contribution >= 0.6 is 0 Å². The maximum Gasteiger partial charge on any atom is 0.573 e. The number of urea groups is 2. The molecule has 224 valence electrons. The highest BCUT2D eigenvalue weighted by Crippen LogP contribution is 2.23. The molecule has 3 rings (SSSR count). The number of aryl methyl sites for hydroxylation is 1. The number of nitrogens with one attached hydrogen (secondary N) is 5. The molecule has 0 fully saturated rings. The van der Waals surface area contributed by atoms with Gasteiger partial charge >= 0.3 is 18.4 Å². The highest BCUT2D eigenvalue weighted by atomic mass is 32.2. The van der Waals surface area contributed by atoms with Gasteiger partial charge < -0.3 is 26.0 Å². The van der Waals surface area contributed by atoms with E-state index in [0.29, 0.717) is 11.1 Å². The first-order valence-electron chi connectivity index (χ1n) is 12.1. The molecule has 0 unspecified atom stereocenters. The molecule has 0 atom stereocenters. The van der Waals surface area contributed by atoms with Crippen LogP contribution in [-0.4, -0.2) is 45.8 Å². The van der Waals surface area contributed by atoms with Crippen molar-refractivity contribution in [1.82, 2.24) is 20.7 Å². The van der Waals surface area contributed by atoms with Crippen LogP contribution in [0.1, 0.15) is 21.5 Å². The normalized spacial score (nSPS) is 11.3. The van der Waals surface area contributed by atoms with Crippen LogP contribution in [0.2, 0.25) is 0 Å². The lowest BCUT2D eigenvalue weighted by Crippen LogP contribution is -2.42. The van der Waals surface area contributed by atoms with E-state index in [1.807, 2.05) is 4.72 Å². The molecular formula is C26H25F4N5O6S. The third kappa shape index (κ3) is 9.96. The number of alkyl halides is 3. The van der Waals surface area contributed by atoms with Crippen molar-refractivity contribution in [2.75, 3.05) is 18.4 Å². The smallest absolute Gasteiger partial charge is 0.406 e. The van der Waals surface area contributed by atoms with Crippen molar-refractivity contribution >= 4 is 33.7 Å². The number of anilines is 1. The fourth-order valence-corrected chi connectivity index (χ4v) is 4.40. The van der Waals surface area contributed by atoms with Gasteiger partial charge in [0.1, 0.15) is 11.6 Å². The Morgan fingerprint density at radius 3 is 2.19 bits per heavy atom. The van der Waals surface area contributed by atoms with Crippen LogP contribution in [0, 0.1) is 12.7 Å². The maximum absolute atomic E-state index is 14.5. The molecule has 42 heavy (non-hydrogen) atoms. The first-order chi connectivity index (χ1) is 19.7. The summed E-state index contributed by atoms with van der Waals surface area (Å²) in [5, 5.41) is 9.38. The highest BCUT2D eigenvalue weighted by molar-refractivity contribution is 7.90. The molecule has 5 amide bonds. The van der Waals surface area contributed by atoms with Crippen LogP contribution < -0.4 is 30.7 Å². The van der Waals surface area contributed by atoms with Gasteiger partial charge in [0.2, 0.25) is 0 Å². The summed E-state index contributed by atoms with van der Waals surface area (Å²) in [6, 6.07) is 12.2. The third-order valence-electron chi connectivity index (χ3n) is 5.31. The van der Waals surface area contributed by atoms with Crippen molar-refractivity contribution in [1.29, 1.82) is 0 Å². The summed E-state index contributed by atoms with van der Waals surface area (Å²) in [5.74, 6) is -2.05. The summed E-state index contributed by atoms with van der Waals surface area (Å²) < 4.78 is 81.3. The molecular weight excluding hydrogens is 586 g/mol. The maximum atomic E-state index is 14.5. The molecule has 0 saturated heterocycles. The van der Waals surface area contributed by atoms with Crippen molar-refractivity contribution in [3.8, 4) is 5.75 Å². The molecule has 5 N–H and O–H groups in total. The number of sulfonamides is 1. The Morgan fingerprint density at radius 2 is 1.55 bits per heavy atom. The summed E-state index contributed by atoms with van der Waals surface area (Å²) in [5.41, 5.74) is 0.805. The lowest BCUT2D eigenvalue weighted by molar-refractivity contribution is -0.274. The number of carbonyl (C=O) groups is 3. The molecule has 0 heterocycles. The Labute approximate surface area is 237 Å². The third-order valence-corrected chi connectivity index (χ3v) is 6.64. The van der Waals surface area contributed by atoms with Gasteiger partial charge in [0.15, 0.2) is 0 Å². The number of halogens is 4. The largest absolute Gasteiger partial charge is 0.573 e. The molecule has 0 spiro atoms. The number of amides is 5. The van der Waals surface area contributed by atoms with E-state index < -0.39 is 45.9 Å². The van der Waals surface area contributed by atoms with Crippen LogP contribution in [0.4, 0.5) is 32.8 Å². The van der Waals surface area contributed by atoms with E-state index in [1.165, 1.54) is 36.4 Å². The summed E-state index contributed by atoms with van der Waals surface area (Å²) in [6.07, 6.45) is -4.83. The molecule has 3 aromatic rings. The SMILES string of the molecule is Cc1cccc(S(=O)(=O)NC(=O)NCCNC(=O)c2ccc(NC(=O)NCc3ccc(OC(F)(F)F)cc3)c(F)c2)c1. The zero-order valence-corrected chi connectivity index (χ0v) is 22.7. The molecule has 0 aliphatic carbocycles. The molecule has 0 radical (unpaired) electrons. The van der Waals surface area contributed by atoms with Crippen molar-refractivity contribution in [3.63, 3.8) is 0 Å². The van der Waals surface area contributed by atoms with Crippen LogP contribution in [-0.2, 0) is 16.6 Å². The zero-order chi connectivity index (χ0) is 30.9. The number of ether oxygens (including phenoxy) is 1. The number of rotatable bonds is 10. The molecule has 3 aromatic carbocycles. The van der Waals surface area contributed by atoms with Crippen LogP contribution in [0.15, 0.2) is 71.6 Å². The van der Waals surface area contributed by atoms with Crippen molar-refractivity contribution < 1.29 is 45.1 Å². The molecule has 0 bridgehead atoms. The fraction of sp³-hybridized carbons (Fsp3) is 0.192. The second-order valence-electron chi connectivity index (χ2n) is 8.63. The Morgan fingerprint density at radius 1 is 0.857 bits per heavy atom. The molecule has 0 aromatic heterocycles. The topological polar surface area (TPSA) is 155 Å². The first kappa shape index (κ1) is 31.7. The van der Waals surface area contributed by atoms with Gasteiger partial charge in [-0.3, -0.25) is 4.79 Å². The van der Waals surface area contributed by atoms with Gasteiger partial charge in [-0.15, -0.1) is 13.2 Å². The summed E-state index contributed by atoms with van der Waals surface area (Å²) in [7, 11) is -4.09. The number of hydrogen-bond acceptors (Lipinski definition) is 6. The minimum absolute atomic E-state index is 0.0792. The second-order valence-corrected chi connectivity index (χ2v) is 10.3. The average molecular weight is 612 g/mol. The van der Waals surface area contributed by atoms with Gasteiger partial charge in [0, 0.05) is 25.2 Å². The van der Waals surface area contributed by atoms with E-state index in [-0.39, 0.29) is 35.8 Å². The average Bonchev–Trinajstić information content (AvgIpc) is 2.90. The van der Waals surface area contributed by atoms with Crippen LogP contribution in [0.25, 0.3) is 0 Å². The van der Waals surface area contributed by atoms with E-state index >= 15 is 0 Å². The zero-order valence-electron chi connectivity index (χ0n) is 21.8. The van der Waals surface area contributed by atoms with Gasteiger partial charge in [0.05, 0.1) is 10.6 Å². The van der Waals surface area contributed by atoms with E-state index in [9.17, 15) is 40.4 Å². The monoisotopic (exact) mass is 611 g/mol. The van der Waals surface area contributed by atoms with E-state index in [4.69, 9.17) is 0 Å². The Kier molecular flexibility index (Phi) is 10.3. The Bertz CT molecular complexity index is 1550. The van der Waals surface area contributed by atoms with Crippen LogP contribution in [0.5, 0.6) is 5.75 Å². The van der Waals surface area contributed by atoms with Gasteiger partial charge in [-0.1, -0.05) is 24.3 Å². The molecule has 11 nitrogen and oxygen atoms in total. The summed E-state index contributed by atoms with van der Waals surface area (Å²) in [4.78, 5) is 36.3. The molecule has 0 aliphatic heterocycles. The quantitative estimate of drug-likeness (QED) is 0.174. The Balaban J connectivity index is 1.41. The predicted octanol–water partition coefficient (Wildman–Crippen LogP) is 3.77. The molecule has 0 saturated carbocycles. The summed E-state index contributed by atoms with van der Waals surface area (Å²) in [6.45, 7) is 1.37. The number of hydrogen-bond donors (Lipinski definition) is 5. The van der Waals surface area contributed by atoms with E-state index in [2.05, 4.69) is 26.0 Å². The number of carbonyl (C=O) groups excluding carboxylic acids is 3. The van der Waals surface area contributed by atoms with Gasteiger partial charge in [-0.2, -0.15) is 0 Å². The van der Waals surface area contributed by atoms with Gasteiger partial charge in [-0.25, -0.2) is 27.1 Å².